The first-order valence-corrected chi connectivity index (χ1v) is 15.9. The molecule has 0 unspecified atom stereocenters. The molecule has 2 amide bonds. The molecule has 2 aliphatic heterocycles. The highest BCUT2D eigenvalue weighted by Crippen LogP contribution is 2.38. The van der Waals surface area contributed by atoms with Crippen molar-refractivity contribution in [2.45, 2.75) is 71.4 Å². The summed E-state index contributed by atoms with van der Waals surface area (Å²) in [7, 11) is -3.59. The SMILES string of the molecule is CCN(CC)C(=O)c1c(NC(=O)c2ccc(S(=O)(=O)N3CCC(C)CC3)cc2)sc2c1CCN(C(C)C)C2. The second-order valence-corrected chi connectivity index (χ2v) is 13.6. The van der Waals surface area contributed by atoms with Gasteiger partial charge in [-0.2, -0.15) is 4.31 Å². The Hall–Kier alpha value is -2.27. The van der Waals surface area contributed by atoms with E-state index in [1.165, 1.54) is 27.8 Å². The molecule has 10 heteroatoms. The Morgan fingerprint density at radius 3 is 2.29 bits per heavy atom. The standard InChI is InChI=1S/C28H40N4O4S2/c1-6-30(7-2)28(34)25-23-14-15-31(19(3)4)18-24(23)37-27(25)29-26(33)21-8-10-22(11-9-21)38(35,36)32-16-12-20(5)13-17-32/h8-11,19-20H,6-7,12-18H2,1-5H3,(H,29,33). The van der Waals surface area contributed by atoms with Crippen LogP contribution in [0.5, 0.6) is 0 Å². The van der Waals surface area contributed by atoms with Crippen molar-refractivity contribution in [2.24, 2.45) is 5.92 Å². The Labute approximate surface area is 231 Å². The Morgan fingerprint density at radius 1 is 1.08 bits per heavy atom. The van der Waals surface area contributed by atoms with Crippen molar-refractivity contribution >= 4 is 38.2 Å². The zero-order valence-electron chi connectivity index (χ0n) is 23.1. The third-order valence-corrected chi connectivity index (χ3v) is 10.9. The molecule has 0 saturated carbocycles. The van der Waals surface area contributed by atoms with Gasteiger partial charge in [-0.3, -0.25) is 14.5 Å². The van der Waals surface area contributed by atoms with E-state index in [0.717, 1.165) is 42.8 Å². The highest BCUT2D eigenvalue weighted by molar-refractivity contribution is 7.89. The Morgan fingerprint density at radius 2 is 1.71 bits per heavy atom. The maximum absolute atomic E-state index is 13.5. The molecule has 2 aromatic rings. The smallest absolute Gasteiger partial charge is 0.257 e. The number of hydrogen-bond donors (Lipinski definition) is 1. The number of piperidine rings is 1. The number of benzene rings is 1. The Kier molecular flexibility index (Phi) is 8.96. The minimum absolute atomic E-state index is 0.0573. The van der Waals surface area contributed by atoms with Gasteiger partial charge in [-0.05, 0) is 82.7 Å². The topological polar surface area (TPSA) is 90.0 Å². The van der Waals surface area contributed by atoms with Crippen LogP contribution >= 0.6 is 11.3 Å². The van der Waals surface area contributed by atoms with E-state index in [9.17, 15) is 18.0 Å². The lowest BCUT2D eigenvalue weighted by molar-refractivity contribution is 0.0772. The predicted octanol–water partition coefficient (Wildman–Crippen LogP) is 4.67. The van der Waals surface area contributed by atoms with Crippen LogP contribution in [0.3, 0.4) is 0 Å². The summed E-state index contributed by atoms with van der Waals surface area (Å²) in [5, 5.41) is 3.56. The summed E-state index contributed by atoms with van der Waals surface area (Å²) >= 11 is 1.48. The lowest BCUT2D eigenvalue weighted by atomic mass is 10.0. The normalized spacial score (nSPS) is 17.4. The average molecular weight is 561 g/mol. The molecule has 1 saturated heterocycles. The first-order chi connectivity index (χ1) is 18.1. The van der Waals surface area contributed by atoms with Gasteiger partial charge in [0.2, 0.25) is 10.0 Å². The largest absolute Gasteiger partial charge is 0.339 e. The van der Waals surface area contributed by atoms with Crippen molar-refractivity contribution in [3.05, 3.63) is 45.8 Å². The highest BCUT2D eigenvalue weighted by atomic mass is 32.2. The molecular formula is C28H40N4O4S2. The van der Waals surface area contributed by atoms with Crippen molar-refractivity contribution in [2.75, 3.05) is 38.0 Å². The lowest BCUT2D eigenvalue weighted by Gasteiger charge is -2.30. The molecule has 1 N–H and O–H groups in total. The van der Waals surface area contributed by atoms with Gasteiger partial charge in [0.15, 0.2) is 0 Å². The van der Waals surface area contributed by atoms with Crippen LogP contribution in [0, 0.1) is 5.92 Å². The van der Waals surface area contributed by atoms with E-state index in [2.05, 4.69) is 31.0 Å². The molecule has 208 valence electrons. The number of thiophene rings is 1. The first-order valence-electron chi connectivity index (χ1n) is 13.7. The van der Waals surface area contributed by atoms with E-state index in [4.69, 9.17) is 0 Å². The third-order valence-electron chi connectivity index (χ3n) is 7.81. The van der Waals surface area contributed by atoms with Gasteiger partial charge in [-0.25, -0.2) is 8.42 Å². The number of nitrogens with one attached hydrogen (secondary N) is 1. The van der Waals surface area contributed by atoms with E-state index in [1.807, 2.05) is 13.8 Å². The predicted molar refractivity (Wildman–Crippen MR) is 152 cm³/mol. The molecule has 8 nitrogen and oxygen atoms in total. The molecule has 0 radical (unpaired) electrons. The number of carbonyl (C=O) groups is 2. The van der Waals surface area contributed by atoms with E-state index in [-0.39, 0.29) is 16.7 Å². The first kappa shape index (κ1) is 28.7. The summed E-state index contributed by atoms with van der Waals surface area (Å²) in [5.41, 5.74) is 1.99. The monoisotopic (exact) mass is 560 g/mol. The fourth-order valence-corrected chi connectivity index (χ4v) is 7.91. The summed E-state index contributed by atoms with van der Waals surface area (Å²) in [5.74, 6) is 0.120. The molecule has 38 heavy (non-hydrogen) atoms. The van der Waals surface area contributed by atoms with Crippen molar-refractivity contribution in [3.8, 4) is 0 Å². The van der Waals surface area contributed by atoms with Crippen LogP contribution in [0.1, 0.15) is 78.6 Å². The number of nitrogens with zero attached hydrogens (tertiary/aromatic N) is 3. The molecule has 3 heterocycles. The van der Waals surface area contributed by atoms with Crippen LogP contribution in [0.2, 0.25) is 0 Å². The van der Waals surface area contributed by atoms with Gasteiger partial charge in [-0.15, -0.1) is 11.3 Å². The zero-order valence-corrected chi connectivity index (χ0v) is 24.8. The minimum atomic E-state index is -3.59. The number of hydrogen-bond acceptors (Lipinski definition) is 6. The molecule has 0 spiro atoms. The number of amides is 2. The molecule has 2 aliphatic rings. The van der Waals surface area contributed by atoms with Gasteiger partial charge in [0.05, 0.1) is 10.5 Å². The van der Waals surface area contributed by atoms with Crippen LogP contribution in [0.25, 0.3) is 0 Å². The van der Waals surface area contributed by atoms with Gasteiger partial charge in [0, 0.05) is 55.8 Å². The second kappa shape index (κ2) is 11.9. The van der Waals surface area contributed by atoms with Gasteiger partial charge in [0.1, 0.15) is 5.00 Å². The van der Waals surface area contributed by atoms with E-state index in [0.29, 0.717) is 54.3 Å². The average Bonchev–Trinajstić information content (AvgIpc) is 3.26. The van der Waals surface area contributed by atoms with Gasteiger partial charge in [-0.1, -0.05) is 6.92 Å². The van der Waals surface area contributed by atoms with E-state index < -0.39 is 10.0 Å². The molecule has 1 aromatic carbocycles. The van der Waals surface area contributed by atoms with Crippen LogP contribution in [0.4, 0.5) is 5.00 Å². The third kappa shape index (κ3) is 5.83. The van der Waals surface area contributed by atoms with Gasteiger partial charge >= 0.3 is 0 Å². The molecule has 4 rings (SSSR count). The minimum Gasteiger partial charge on any atom is -0.339 e. The van der Waals surface area contributed by atoms with Crippen LogP contribution in [-0.2, 0) is 23.0 Å². The van der Waals surface area contributed by atoms with Crippen LogP contribution < -0.4 is 5.32 Å². The summed E-state index contributed by atoms with van der Waals surface area (Å²) < 4.78 is 27.7. The van der Waals surface area contributed by atoms with Crippen LogP contribution in [-0.4, -0.2) is 73.1 Å². The quantitative estimate of drug-likeness (QED) is 0.507. The highest BCUT2D eigenvalue weighted by Gasteiger charge is 2.32. The fraction of sp³-hybridized carbons (Fsp3) is 0.571. The van der Waals surface area contributed by atoms with Crippen LogP contribution in [0.15, 0.2) is 29.2 Å². The van der Waals surface area contributed by atoms with Gasteiger partial charge in [0.25, 0.3) is 11.8 Å². The maximum atomic E-state index is 13.5. The molecular weight excluding hydrogens is 520 g/mol. The zero-order chi connectivity index (χ0) is 27.6. The van der Waals surface area contributed by atoms with Gasteiger partial charge < -0.3 is 10.2 Å². The summed E-state index contributed by atoms with van der Waals surface area (Å²) in [6, 6.07) is 6.51. The molecule has 0 aliphatic carbocycles. The van der Waals surface area contributed by atoms with Crippen molar-refractivity contribution < 1.29 is 18.0 Å². The molecule has 1 aromatic heterocycles. The number of sulfonamides is 1. The van der Waals surface area contributed by atoms with Crippen molar-refractivity contribution in [1.29, 1.82) is 0 Å². The number of rotatable bonds is 8. The second-order valence-electron chi connectivity index (χ2n) is 10.6. The fourth-order valence-electron chi connectivity index (χ4n) is 5.18. The Bertz CT molecular complexity index is 1260. The van der Waals surface area contributed by atoms with E-state index >= 15 is 0 Å². The summed E-state index contributed by atoms with van der Waals surface area (Å²) in [6.07, 6.45) is 2.48. The molecule has 1 fully saturated rings. The number of fused-ring (bicyclic) bond motifs is 1. The lowest BCUT2D eigenvalue weighted by Crippen LogP contribution is -2.37. The molecule has 0 bridgehead atoms. The Balaban J connectivity index is 1.58. The van der Waals surface area contributed by atoms with Crippen molar-refractivity contribution in [3.63, 3.8) is 0 Å². The van der Waals surface area contributed by atoms with E-state index in [1.54, 1.807) is 17.0 Å². The number of anilines is 1. The summed E-state index contributed by atoms with van der Waals surface area (Å²) in [4.78, 5) is 32.3. The maximum Gasteiger partial charge on any atom is 0.257 e. The summed E-state index contributed by atoms with van der Waals surface area (Å²) in [6.45, 7) is 14.2. The number of carbonyl (C=O) groups excluding carboxylic acids is 2. The molecule has 0 atom stereocenters. The van der Waals surface area contributed by atoms with Crippen molar-refractivity contribution in [1.82, 2.24) is 14.1 Å².